The van der Waals surface area contributed by atoms with Crippen molar-refractivity contribution in [2.45, 2.75) is 44.3 Å². The molecule has 2 saturated heterocycles. The lowest BCUT2D eigenvalue weighted by molar-refractivity contribution is 0.102. The number of epoxide rings is 2. The summed E-state index contributed by atoms with van der Waals surface area (Å²) in [6.07, 6.45) is 7.37. The number of ether oxygens (including phenoxy) is 3. The minimum atomic E-state index is 0.392. The highest BCUT2D eigenvalue weighted by Crippen LogP contribution is 2.22. The summed E-state index contributed by atoms with van der Waals surface area (Å²) < 4.78 is 15.1. The van der Waals surface area contributed by atoms with Crippen LogP contribution in [-0.2, 0) is 14.2 Å². The average molecular weight is 244 g/mol. The average Bonchev–Trinajstić information content (AvgIpc) is 3.25. The number of hydrogen-bond acceptors (Lipinski definition) is 4. The van der Waals surface area contributed by atoms with E-state index in [2.05, 4.69) is 0 Å². The highest BCUT2D eigenvalue weighted by molar-refractivity contribution is 4.71. The first-order valence-electron chi connectivity index (χ1n) is 6.80. The Bertz CT molecular complexity index is 184. The lowest BCUT2D eigenvalue weighted by atomic mass is 9.90. The fourth-order valence-corrected chi connectivity index (χ4v) is 2.03. The van der Waals surface area contributed by atoms with Gasteiger partial charge in [-0.2, -0.15) is 0 Å². The van der Waals surface area contributed by atoms with E-state index in [-0.39, 0.29) is 0 Å². The molecule has 3 rings (SSSR count). The Kier molecular flexibility index (Phi) is 5.71. The van der Waals surface area contributed by atoms with Gasteiger partial charge in [0.05, 0.1) is 26.4 Å². The van der Waals surface area contributed by atoms with Crippen LogP contribution in [0.15, 0.2) is 0 Å². The van der Waals surface area contributed by atoms with Crippen molar-refractivity contribution in [2.24, 2.45) is 5.92 Å². The van der Waals surface area contributed by atoms with Crippen LogP contribution in [0.2, 0.25) is 0 Å². The van der Waals surface area contributed by atoms with Gasteiger partial charge in [-0.1, -0.05) is 19.3 Å². The normalized spacial score (nSPS) is 31.6. The predicted molar refractivity (Wildman–Crippen MR) is 64.0 cm³/mol. The van der Waals surface area contributed by atoms with E-state index in [1.54, 1.807) is 0 Å². The number of aliphatic hydroxyl groups excluding tert-OH is 1. The molecule has 2 unspecified atom stereocenters. The zero-order chi connectivity index (χ0) is 11.9. The molecule has 3 aliphatic rings. The minimum absolute atomic E-state index is 0.392. The third-order valence-electron chi connectivity index (χ3n) is 3.40. The summed E-state index contributed by atoms with van der Waals surface area (Å²) >= 11 is 0. The molecule has 0 aromatic heterocycles. The van der Waals surface area contributed by atoms with Crippen LogP contribution in [-0.4, -0.2) is 50.3 Å². The second-order valence-electron chi connectivity index (χ2n) is 5.13. The van der Waals surface area contributed by atoms with Crippen LogP contribution in [0.5, 0.6) is 0 Å². The third kappa shape index (κ3) is 6.36. The molecule has 17 heavy (non-hydrogen) atoms. The Labute approximate surface area is 103 Å². The molecule has 4 heteroatoms. The van der Waals surface area contributed by atoms with Gasteiger partial charge < -0.3 is 19.3 Å². The summed E-state index contributed by atoms with van der Waals surface area (Å²) in [4.78, 5) is 0. The minimum Gasteiger partial charge on any atom is -0.396 e. The van der Waals surface area contributed by atoms with Crippen LogP contribution in [0.25, 0.3) is 0 Å². The summed E-state index contributed by atoms with van der Waals surface area (Å²) in [5.41, 5.74) is 0. The van der Waals surface area contributed by atoms with Gasteiger partial charge in [0, 0.05) is 6.61 Å². The zero-order valence-corrected chi connectivity index (χ0v) is 10.5. The Hall–Kier alpha value is -0.160. The molecule has 0 bridgehead atoms. The smallest absolute Gasteiger partial charge is 0.104 e. The molecule has 0 aromatic carbocycles. The molecule has 0 radical (unpaired) electrons. The van der Waals surface area contributed by atoms with Crippen LogP contribution >= 0.6 is 0 Å². The van der Waals surface area contributed by atoms with Crippen molar-refractivity contribution in [1.82, 2.24) is 0 Å². The summed E-state index contributed by atoms with van der Waals surface area (Å²) in [5, 5.41) is 8.69. The summed E-state index contributed by atoms with van der Waals surface area (Å²) in [6, 6.07) is 0. The van der Waals surface area contributed by atoms with Gasteiger partial charge in [0.25, 0.3) is 0 Å². The lowest BCUT2D eigenvalue weighted by Gasteiger charge is -2.18. The van der Waals surface area contributed by atoms with Crippen LogP contribution in [0.3, 0.4) is 0 Å². The molecule has 2 aliphatic heterocycles. The lowest BCUT2D eigenvalue weighted by Crippen LogP contribution is -2.09. The van der Waals surface area contributed by atoms with Gasteiger partial charge in [-0.05, 0) is 18.8 Å². The first kappa shape index (κ1) is 13.3. The second-order valence-corrected chi connectivity index (χ2v) is 5.13. The first-order valence-corrected chi connectivity index (χ1v) is 6.80. The molecule has 2 atom stereocenters. The maximum atomic E-state index is 8.69. The maximum Gasteiger partial charge on any atom is 0.104 e. The summed E-state index contributed by atoms with van der Waals surface area (Å²) in [5.74, 6) is 0.642. The highest BCUT2D eigenvalue weighted by atomic mass is 16.6. The Morgan fingerprint density at radius 2 is 1.47 bits per heavy atom. The second kappa shape index (κ2) is 7.31. The zero-order valence-electron chi connectivity index (χ0n) is 10.5. The van der Waals surface area contributed by atoms with Crippen molar-refractivity contribution in [1.29, 1.82) is 0 Å². The number of aliphatic hydroxyl groups is 1. The Morgan fingerprint density at radius 3 is 1.82 bits per heavy atom. The number of rotatable bonds is 5. The van der Waals surface area contributed by atoms with Crippen LogP contribution in [0, 0.1) is 5.92 Å². The fraction of sp³-hybridized carbons (Fsp3) is 1.00. The van der Waals surface area contributed by atoms with E-state index >= 15 is 0 Å². The molecule has 3 fully saturated rings. The molecule has 100 valence electrons. The van der Waals surface area contributed by atoms with Crippen molar-refractivity contribution in [2.75, 3.05) is 33.0 Å². The Morgan fingerprint density at radius 1 is 0.941 bits per heavy atom. The van der Waals surface area contributed by atoms with Gasteiger partial charge in [-0.15, -0.1) is 0 Å². The topological polar surface area (TPSA) is 54.5 Å². The maximum absolute atomic E-state index is 8.69. The van der Waals surface area contributed by atoms with Gasteiger partial charge in [-0.3, -0.25) is 0 Å². The van der Waals surface area contributed by atoms with E-state index < -0.39 is 0 Å². The van der Waals surface area contributed by atoms with Crippen LogP contribution in [0.1, 0.15) is 32.1 Å². The molecule has 2 heterocycles. The number of hydrogen-bond donors (Lipinski definition) is 1. The van der Waals surface area contributed by atoms with Gasteiger partial charge in [0.2, 0.25) is 0 Å². The largest absolute Gasteiger partial charge is 0.396 e. The Balaban J connectivity index is 0.000000128. The summed E-state index contributed by atoms with van der Waals surface area (Å²) in [7, 11) is 0. The van der Waals surface area contributed by atoms with Gasteiger partial charge in [0.15, 0.2) is 0 Å². The van der Waals surface area contributed by atoms with Gasteiger partial charge in [-0.25, -0.2) is 0 Å². The molecular weight excluding hydrogens is 220 g/mol. The quantitative estimate of drug-likeness (QED) is 0.742. The molecule has 1 aliphatic carbocycles. The molecule has 0 spiro atoms. The standard InChI is InChI=1S/C7H14O.C6H10O3/c8-6-7-4-2-1-3-5-7;1(5-3-8-5)7-2-6-4-9-6/h7-8H,1-6H2;5-6H,1-4H2. The molecule has 1 N–H and O–H groups in total. The predicted octanol–water partition coefficient (Wildman–Crippen LogP) is 1.36. The monoisotopic (exact) mass is 244 g/mol. The van der Waals surface area contributed by atoms with Crippen molar-refractivity contribution in [3.05, 3.63) is 0 Å². The van der Waals surface area contributed by atoms with Crippen molar-refractivity contribution in [3.8, 4) is 0 Å². The molecule has 0 aromatic rings. The van der Waals surface area contributed by atoms with Crippen LogP contribution in [0.4, 0.5) is 0 Å². The van der Waals surface area contributed by atoms with Crippen molar-refractivity contribution < 1.29 is 19.3 Å². The van der Waals surface area contributed by atoms with E-state index in [1.165, 1.54) is 32.1 Å². The summed E-state index contributed by atoms with van der Waals surface area (Å²) in [6.45, 7) is 3.68. The molecule has 0 amide bonds. The van der Waals surface area contributed by atoms with E-state index in [0.717, 1.165) is 26.4 Å². The van der Waals surface area contributed by atoms with Gasteiger partial charge in [0.1, 0.15) is 12.2 Å². The van der Waals surface area contributed by atoms with E-state index in [4.69, 9.17) is 19.3 Å². The van der Waals surface area contributed by atoms with E-state index in [9.17, 15) is 0 Å². The van der Waals surface area contributed by atoms with Gasteiger partial charge >= 0.3 is 0 Å². The molecular formula is C13H24O4. The first-order chi connectivity index (χ1) is 8.38. The molecule has 1 saturated carbocycles. The third-order valence-corrected chi connectivity index (χ3v) is 3.40. The highest BCUT2D eigenvalue weighted by Gasteiger charge is 2.26. The van der Waals surface area contributed by atoms with E-state index in [1.807, 2.05) is 0 Å². The van der Waals surface area contributed by atoms with Crippen molar-refractivity contribution in [3.63, 3.8) is 0 Å². The van der Waals surface area contributed by atoms with E-state index in [0.29, 0.717) is 24.7 Å². The van der Waals surface area contributed by atoms with Crippen molar-refractivity contribution >= 4 is 0 Å². The molecule has 4 nitrogen and oxygen atoms in total. The fourth-order valence-electron chi connectivity index (χ4n) is 2.03. The van der Waals surface area contributed by atoms with Crippen LogP contribution < -0.4 is 0 Å². The SMILES string of the molecule is C(OCC1CO1)C1CO1.OCC1CCCCC1.